The fraction of sp³-hybridized carbons (Fsp3) is 0.846. The van der Waals surface area contributed by atoms with Crippen LogP contribution in [0.2, 0.25) is 0 Å². The van der Waals surface area contributed by atoms with Crippen molar-refractivity contribution in [1.29, 1.82) is 0 Å². The van der Waals surface area contributed by atoms with Crippen molar-refractivity contribution in [3.63, 3.8) is 0 Å². The molecule has 4 aliphatic rings. The number of rotatable bonds is 3. The summed E-state index contributed by atoms with van der Waals surface area (Å²) in [5.74, 6) is -1.01. The van der Waals surface area contributed by atoms with Crippen LogP contribution in [-0.4, -0.2) is 66.9 Å². The topological polar surface area (TPSA) is 90.9 Å². The van der Waals surface area contributed by atoms with Crippen LogP contribution < -0.4 is 10.6 Å². The minimum absolute atomic E-state index is 0.167. The van der Waals surface area contributed by atoms with Gasteiger partial charge in [0.2, 0.25) is 0 Å². The van der Waals surface area contributed by atoms with Gasteiger partial charge in [-0.2, -0.15) is 0 Å². The number of urea groups is 1. The number of hydrogen-bond acceptors (Lipinski definition) is 4. The molecule has 4 fully saturated rings. The molecule has 0 aromatic rings. The second-order valence-electron chi connectivity index (χ2n) is 5.95. The maximum atomic E-state index is 12.0. The zero-order valence-electron chi connectivity index (χ0n) is 11.4. The van der Waals surface area contributed by atoms with Crippen molar-refractivity contribution in [3.05, 3.63) is 0 Å². The lowest BCUT2D eigenvalue weighted by Crippen LogP contribution is -2.60. The van der Waals surface area contributed by atoms with E-state index in [2.05, 4.69) is 15.5 Å². The summed E-state index contributed by atoms with van der Waals surface area (Å²) in [7, 11) is 0. The number of carboxylic acid groups (broad SMARTS) is 1. The van der Waals surface area contributed by atoms with Gasteiger partial charge < -0.3 is 25.4 Å². The Morgan fingerprint density at radius 2 is 1.80 bits per heavy atom. The van der Waals surface area contributed by atoms with E-state index in [0.717, 1.165) is 32.5 Å². The summed E-state index contributed by atoms with van der Waals surface area (Å²) in [6.45, 7) is 3.59. The Balaban J connectivity index is 1.51. The van der Waals surface area contributed by atoms with E-state index in [0.29, 0.717) is 5.92 Å². The lowest BCUT2D eigenvalue weighted by atomic mass is 9.84. The molecule has 0 saturated carbocycles. The number of nitrogens with zero attached hydrogens (tertiary/aromatic N) is 1. The number of amides is 2. The number of aliphatic carboxylic acids is 1. The molecule has 20 heavy (non-hydrogen) atoms. The van der Waals surface area contributed by atoms with Crippen LogP contribution in [-0.2, 0) is 9.53 Å². The van der Waals surface area contributed by atoms with Crippen LogP contribution >= 0.6 is 0 Å². The summed E-state index contributed by atoms with van der Waals surface area (Å²) in [5.41, 5.74) is 0. The van der Waals surface area contributed by atoms with Crippen molar-refractivity contribution >= 4 is 12.0 Å². The van der Waals surface area contributed by atoms with Gasteiger partial charge in [-0.15, -0.1) is 0 Å². The highest BCUT2D eigenvalue weighted by Gasteiger charge is 2.37. The summed E-state index contributed by atoms with van der Waals surface area (Å²) in [6, 6.07) is -0.526. The summed E-state index contributed by atoms with van der Waals surface area (Å²) in [5, 5.41) is 14.8. The number of carbonyl (C=O) groups excluding carboxylic acids is 1. The van der Waals surface area contributed by atoms with Gasteiger partial charge in [-0.25, -0.2) is 4.79 Å². The molecular formula is C13H21N3O4. The Hall–Kier alpha value is -1.34. The lowest BCUT2D eigenvalue weighted by Gasteiger charge is -2.44. The Kier molecular flexibility index (Phi) is 3.80. The minimum Gasteiger partial charge on any atom is -0.481 e. The minimum atomic E-state index is -0.921. The zero-order valence-corrected chi connectivity index (χ0v) is 11.4. The van der Waals surface area contributed by atoms with E-state index >= 15 is 0 Å². The third-order valence-electron chi connectivity index (χ3n) is 4.69. The van der Waals surface area contributed by atoms with Crippen LogP contribution in [0.1, 0.15) is 12.8 Å². The predicted molar refractivity (Wildman–Crippen MR) is 70.4 cm³/mol. The van der Waals surface area contributed by atoms with Crippen molar-refractivity contribution in [2.75, 3.05) is 32.8 Å². The number of hydrogen-bond donors (Lipinski definition) is 3. The molecule has 3 atom stereocenters. The van der Waals surface area contributed by atoms with Gasteiger partial charge in [0.1, 0.15) is 5.92 Å². The fourth-order valence-corrected chi connectivity index (χ4v) is 3.45. The normalized spacial score (nSPS) is 39.5. The standard InChI is InChI=1S/C13H21N3O4/c17-12(18)9-6-20-7-11(9)15-13(19)14-10-5-16-3-1-8(10)2-4-16/h8-11H,1-7H2,(H,17,18)(H2,14,15,19). The molecule has 4 rings (SSSR count). The van der Waals surface area contributed by atoms with Crippen LogP contribution in [0.15, 0.2) is 0 Å². The third-order valence-corrected chi connectivity index (χ3v) is 4.69. The van der Waals surface area contributed by atoms with E-state index in [4.69, 9.17) is 9.84 Å². The molecule has 0 spiro atoms. The van der Waals surface area contributed by atoms with Crippen LogP contribution in [0.4, 0.5) is 4.79 Å². The fourth-order valence-electron chi connectivity index (χ4n) is 3.45. The largest absolute Gasteiger partial charge is 0.481 e. The smallest absolute Gasteiger partial charge is 0.315 e. The predicted octanol–water partition coefficient (Wildman–Crippen LogP) is -0.521. The first-order valence-corrected chi connectivity index (χ1v) is 7.23. The van der Waals surface area contributed by atoms with E-state index in [-0.39, 0.29) is 25.3 Å². The van der Waals surface area contributed by atoms with Crippen molar-refractivity contribution in [2.45, 2.75) is 24.9 Å². The molecule has 7 nitrogen and oxygen atoms in total. The third kappa shape index (κ3) is 2.73. The van der Waals surface area contributed by atoms with Gasteiger partial charge in [0, 0.05) is 12.6 Å². The Labute approximate surface area is 117 Å². The highest BCUT2D eigenvalue weighted by atomic mass is 16.5. The van der Waals surface area contributed by atoms with E-state index in [1.807, 2.05) is 0 Å². The van der Waals surface area contributed by atoms with Gasteiger partial charge >= 0.3 is 12.0 Å². The SMILES string of the molecule is O=C(NC1CN2CCC1CC2)NC1COCC1C(=O)O. The van der Waals surface area contributed by atoms with Gasteiger partial charge in [-0.1, -0.05) is 0 Å². The summed E-state index contributed by atoms with van der Waals surface area (Å²) in [4.78, 5) is 25.4. The molecule has 3 unspecified atom stereocenters. The van der Waals surface area contributed by atoms with Crippen molar-refractivity contribution in [2.24, 2.45) is 11.8 Å². The van der Waals surface area contributed by atoms with Crippen molar-refractivity contribution in [1.82, 2.24) is 15.5 Å². The van der Waals surface area contributed by atoms with Crippen LogP contribution in [0, 0.1) is 11.8 Å². The maximum Gasteiger partial charge on any atom is 0.315 e. The van der Waals surface area contributed by atoms with Gasteiger partial charge in [-0.3, -0.25) is 4.79 Å². The molecule has 0 aromatic heterocycles. The van der Waals surface area contributed by atoms with Gasteiger partial charge in [0.15, 0.2) is 0 Å². The van der Waals surface area contributed by atoms with E-state index in [9.17, 15) is 9.59 Å². The highest BCUT2D eigenvalue weighted by molar-refractivity contribution is 5.77. The monoisotopic (exact) mass is 283 g/mol. The number of fused-ring (bicyclic) bond motifs is 3. The molecular weight excluding hydrogens is 262 g/mol. The average molecular weight is 283 g/mol. The molecule has 4 heterocycles. The highest BCUT2D eigenvalue weighted by Crippen LogP contribution is 2.27. The molecule has 7 heteroatoms. The number of nitrogens with one attached hydrogen (secondary N) is 2. The average Bonchev–Trinajstić information content (AvgIpc) is 2.88. The maximum absolute atomic E-state index is 12.0. The number of carboxylic acids is 1. The van der Waals surface area contributed by atoms with Gasteiger partial charge in [0.25, 0.3) is 0 Å². The summed E-state index contributed by atoms with van der Waals surface area (Å²) in [6.07, 6.45) is 2.27. The lowest BCUT2D eigenvalue weighted by molar-refractivity contribution is -0.142. The van der Waals surface area contributed by atoms with Gasteiger partial charge in [-0.05, 0) is 31.8 Å². The van der Waals surface area contributed by atoms with Crippen LogP contribution in [0.5, 0.6) is 0 Å². The number of piperidine rings is 3. The zero-order chi connectivity index (χ0) is 14.1. The van der Waals surface area contributed by atoms with Crippen molar-refractivity contribution < 1.29 is 19.4 Å². The Morgan fingerprint density at radius 3 is 2.40 bits per heavy atom. The number of ether oxygens (including phenoxy) is 1. The molecule has 2 bridgehead atoms. The summed E-state index contributed by atoms with van der Waals surface area (Å²) >= 11 is 0. The first kappa shape index (κ1) is 13.6. The van der Waals surface area contributed by atoms with Crippen molar-refractivity contribution in [3.8, 4) is 0 Å². The first-order chi connectivity index (χ1) is 9.63. The molecule has 3 N–H and O–H groups in total. The molecule has 4 aliphatic heterocycles. The second kappa shape index (κ2) is 5.57. The Morgan fingerprint density at radius 1 is 1.10 bits per heavy atom. The van der Waals surface area contributed by atoms with Crippen LogP contribution in [0.25, 0.3) is 0 Å². The van der Waals surface area contributed by atoms with E-state index in [1.165, 1.54) is 0 Å². The molecule has 0 radical (unpaired) electrons. The number of carbonyl (C=O) groups is 2. The molecule has 2 amide bonds. The Bertz CT molecular complexity index is 395. The van der Waals surface area contributed by atoms with Crippen LogP contribution in [0.3, 0.4) is 0 Å². The molecule has 0 aromatic carbocycles. The second-order valence-corrected chi connectivity index (χ2v) is 5.95. The first-order valence-electron chi connectivity index (χ1n) is 7.23. The summed E-state index contributed by atoms with van der Waals surface area (Å²) < 4.78 is 5.14. The quantitative estimate of drug-likeness (QED) is 0.648. The molecule has 112 valence electrons. The van der Waals surface area contributed by atoms with E-state index < -0.39 is 17.9 Å². The van der Waals surface area contributed by atoms with E-state index in [1.54, 1.807) is 0 Å². The molecule has 4 saturated heterocycles. The molecule has 0 aliphatic carbocycles. The van der Waals surface area contributed by atoms with Gasteiger partial charge in [0.05, 0.1) is 19.3 Å².